The predicted octanol–water partition coefficient (Wildman–Crippen LogP) is 4.08. The first kappa shape index (κ1) is 14.9. The van der Waals surface area contributed by atoms with E-state index in [2.05, 4.69) is 25.5 Å². The highest BCUT2D eigenvalue weighted by molar-refractivity contribution is 6.03. The monoisotopic (exact) mass is 343 g/mol. The number of aromatic nitrogens is 4. The normalized spacial score (nSPS) is 13.8. The van der Waals surface area contributed by atoms with Gasteiger partial charge in [0.15, 0.2) is 0 Å². The fourth-order valence-corrected chi connectivity index (χ4v) is 3.10. The van der Waals surface area contributed by atoms with Crippen LogP contribution in [0.2, 0.25) is 0 Å². The van der Waals surface area contributed by atoms with E-state index < -0.39 is 0 Å². The number of hydrogen-bond acceptors (Lipinski definition) is 3. The molecular weight excluding hydrogens is 326 g/mol. The van der Waals surface area contributed by atoms with Gasteiger partial charge in [-0.15, -0.1) is 0 Å². The number of nitrogens with one attached hydrogen (secondary N) is 3. The highest BCUT2D eigenvalue weighted by Crippen LogP contribution is 2.39. The van der Waals surface area contributed by atoms with Gasteiger partial charge in [-0.25, -0.2) is 4.98 Å². The number of aromatic amines is 2. The lowest BCUT2D eigenvalue weighted by molar-refractivity contribution is 0.102. The highest BCUT2D eigenvalue weighted by atomic mass is 16.1. The number of pyridine rings is 1. The third kappa shape index (κ3) is 2.75. The van der Waals surface area contributed by atoms with Gasteiger partial charge in [0.2, 0.25) is 0 Å². The third-order valence-corrected chi connectivity index (χ3v) is 4.65. The Bertz CT molecular complexity index is 1090. The van der Waals surface area contributed by atoms with Crippen molar-refractivity contribution < 1.29 is 4.79 Å². The summed E-state index contributed by atoms with van der Waals surface area (Å²) in [6.07, 6.45) is 3.97. The number of amides is 1. The molecule has 1 aliphatic rings. The van der Waals surface area contributed by atoms with Crippen molar-refractivity contribution in [2.45, 2.75) is 18.8 Å². The van der Waals surface area contributed by atoms with Crippen molar-refractivity contribution in [1.82, 2.24) is 20.2 Å². The Morgan fingerprint density at radius 1 is 1.12 bits per heavy atom. The van der Waals surface area contributed by atoms with E-state index >= 15 is 0 Å². The van der Waals surface area contributed by atoms with E-state index in [-0.39, 0.29) is 5.91 Å². The van der Waals surface area contributed by atoms with Crippen LogP contribution in [0.25, 0.3) is 22.3 Å². The fourth-order valence-electron chi connectivity index (χ4n) is 3.10. The maximum Gasteiger partial charge on any atom is 0.273 e. The minimum atomic E-state index is -0.204. The molecule has 0 unspecified atom stereocenters. The van der Waals surface area contributed by atoms with Gasteiger partial charge < -0.3 is 10.3 Å². The summed E-state index contributed by atoms with van der Waals surface area (Å²) in [5.41, 5.74) is 5.00. The molecule has 0 saturated heterocycles. The minimum absolute atomic E-state index is 0.204. The topological polar surface area (TPSA) is 86.5 Å². The van der Waals surface area contributed by atoms with Crippen LogP contribution in [-0.4, -0.2) is 26.1 Å². The van der Waals surface area contributed by atoms with Gasteiger partial charge in [-0.2, -0.15) is 5.10 Å². The molecule has 0 radical (unpaired) electrons. The van der Waals surface area contributed by atoms with Crippen LogP contribution in [0, 0.1) is 0 Å². The van der Waals surface area contributed by atoms with Crippen molar-refractivity contribution in [2.24, 2.45) is 0 Å². The van der Waals surface area contributed by atoms with E-state index in [4.69, 9.17) is 0 Å². The number of carbonyl (C=O) groups excluding carboxylic acids is 1. The zero-order valence-electron chi connectivity index (χ0n) is 14.0. The van der Waals surface area contributed by atoms with Crippen LogP contribution in [0.5, 0.6) is 0 Å². The molecule has 6 heteroatoms. The number of H-pyrrole nitrogens is 2. The zero-order valence-corrected chi connectivity index (χ0v) is 14.0. The Morgan fingerprint density at radius 3 is 2.77 bits per heavy atom. The van der Waals surface area contributed by atoms with Gasteiger partial charge >= 0.3 is 0 Å². The van der Waals surface area contributed by atoms with E-state index in [9.17, 15) is 4.79 Å². The van der Waals surface area contributed by atoms with Gasteiger partial charge in [0.1, 0.15) is 11.3 Å². The fraction of sp³-hybridized carbons (Fsp3) is 0.150. The number of benzene rings is 1. The zero-order chi connectivity index (χ0) is 17.5. The molecule has 1 fully saturated rings. The van der Waals surface area contributed by atoms with E-state index in [1.54, 1.807) is 6.20 Å². The van der Waals surface area contributed by atoms with Crippen LogP contribution in [0.3, 0.4) is 0 Å². The Balaban J connectivity index is 1.39. The Morgan fingerprint density at radius 2 is 1.96 bits per heavy atom. The van der Waals surface area contributed by atoms with Crippen molar-refractivity contribution in [2.75, 3.05) is 5.32 Å². The number of nitrogens with zero attached hydrogens (tertiary/aromatic N) is 2. The van der Waals surface area contributed by atoms with E-state index in [1.165, 1.54) is 0 Å². The van der Waals surface area contributed by atoms with Gasteiger partial charge in [-0.3, -0.25) is 9.89 Å². The average molecular weight is 343 g/mol. The molecule has 0 aliphatic heterocycles. The summed E-state index contributed by atoms with van der Waals surface area (Å²) >= 11 is 0. The Labute approximate surface area is 149 Å². The Hall–Kier alpha value is -3.41. The molecule has 5 rings (SSSR count). The lowest BCUT2D eigenvalue weighted by atomic mass is 10.1. The maximum atomic E-state index is 12.4. The molecule has 0 atom stereocenters. The lowest BCUT2D eigenvalue weighted by Gasteiger charge is -2.02. The van der Waals surface area contributed by atoms with Crippen LogP contribution in [0.4, 0.5) is 5.69 Å². The number of hydrogen-bond donors (Lipinski definition) is 3. The van der Waals surface area contributed by atoms with Crippen molar-refractivity contribution >= 4 is 22.6 Å². The molecule has 4 aromatic rings. The van der Waals surface area contributed by atoms with Crippen LogP contribution >= 0.6 is 0 Å². The average Bonchev–Trinajstić information content (AvgIpc) is 3.24. The number of anilines is 1. The lowest BCUT2D eigenvalue weighted by Crippen LogP contribution is -2.12. The van der Waals surface area contributed by atoms with Gasteiger partial charge in [-0.05, 0) is 36.6 Å². The number of fused-ring (bicyclic) bond motifs is 1. The predicted molar refractivity (Wildman–Crippen MR) is 100 cm³/mol. The third-order valence-electron chi connectivity index (χ3n) is 4.65. The van der Waals surface area contributed by atoms with Gasteiger partial charge in [0.25, 0.3) is 5.91 Å². The highest BCUT2D eigenvalue weighted by Gasteiger charge is 2.27. The van der Waals surface area contributed by atoms with Crippen LogP contribution in [0.1, 0.15) is 34.9 Å². The molecular formula is C20H17N5O. The van der Waals surface area contributed by atoms with Crippen LogP contribution in [-0.2, 0) is 0 Å². The molecule has 1 amide bonds. The molecule has 3 aromatic heterocycles. The summed E-state index contributed by atoms with van der Waals surface area (Å²) in [5.74, 6) is 0.312. The number of rotatable bonds is 4. The summed E-state index contributed by atoms with van der Waals surface area (Å²) < 4.78 is 0. The molecule has 3 heterocycles. The molecule has 3 N–H and O–H groups in total. The second-order valence-corrected chi connectivity index (χ2v) is 6.65. The largest absolute Gasteiger partial charge is 0.339 e. The smallest absolute Gasteiger partial charge is 0.273 e. The molecule has 0 spiro atoms. The first-order chi connectivity index (χ1) is 12.8. The molecule has 26 heavy (non-hydrogen) atoms. The summed E-state index contributed by atoms with van der Waals surface area (Å²) in [6.45, 7) is 0. The van der Waals surface area contributed by atoms with Gasteiger partial charge in [0, 0.05) is 17.0 Å². The number of carbonyl (C=O) groups is 1. The Kier molecular flexibility index (Phi) is 3.35. The van der Waals surface area contributed by atoms with Crippen molar-refractivity contribution in [3.05, 3.63) is 66.1 Å². The van der Waals surface area contributed by atoms with Gasteiger partial charge in [-0.1, -0.05) is 30.3 Å². The maximum absolute atomic E-state index is 12.4. The first-order valence-electron chi connectivity index (χ1n) is 8.67. The second kappa shape index (κ2) is 5.84. The van der Waals surface area contributed by atoms with Crippen molar-refractivity contribution in [3.63, 3.8) is 0 Å². The molecule has 1 aliphatic carbocycles. The summed E-state index contributed by atoms with van der Waals surface area (Å²) in [4.78, 5) is 20.1. The molecule has 128 valence electrons. The summed E-state index contributed by atoms with van der Waals surface area (Å²) in [5, 5.41) is 10.9. The molecule has 1 saturated carbocycles. The molecule has 0 bridgehead atoms. The van der Waals surface area contributed by atoms with E-state index in [0.717, 1.165) is 40.8 Å². The SMILES string of the molecule is O=C(Nc1cnc2[nH]c(-c3ccccc3)cc2c1)c1cc(C2CC2)n[nH]1. The molecule has 6 nitrogen and oxygen atoms in total. The second-order valence-electron chi connectivity index (χ2n) is 6.65. The van der Waals surface area contributed by atoms with E-state index in [0.29, 0.717) is 17.3 Å². The van der Waals surface area contributed by atoms with Crippen molar-refractivity contribution in [1.29, 1.82) is 0 Å². The van der Waals surface area contributed by atoms with E-state index in [1.807, 2.05) is 48.5 Å². The standard InChI is InChI=1S/C20H17N5O/c26-20(18-10-17(24-25-18)13-6-7-13)22-15-8-14-9-16(23-19(14)21-11-15)12-4-2-1-3-5-12/h1-5,8-11,13H,6-7H2,(H,21,23)(H,22,26)(H,24,25). The van der Waals surface area contributed by atoms with Gasteiger partial charge in [0.05, 0.1) is 17.6 Å². The van der Waals surface area contributed by atoms with Crippen molar-refractivity contribution in [3.8, 4) is 11.3 Å². The van der Waals surface area contributed by atoms with Crippen LogP contribution in [0.15, 0.2) is 54.7 Å². The summed E-state index contributed by atoms with van der Waals surface area (Å²) in [6, 6.07) is 15.9. The van der Waals surface area contributed by atoms with Crippen LogP contribution < -0.4 is 5.32 Å². The quantitative estimate of drug-likeness (QED) is 0.522. The minimum Gasteiger partial charge on any atom is -0.339 e. The molecule has 1 aromatic carbocycles. The summed E-state index contributed by atoms with van der Waals surface area (Å²) in [7, 11) is 0. The first-order valence-corrected chi connectivity index (χ1v) is 8.67.